The number of halogens is 1. The molecule has 1 aromatic carbocycles. The quantitative estimate of drug-likeness (QED) is 0.815. The van der Waals surface area contributed by atoms with Gasteiger partial charge in [-0.3, -0.25) is 0 Å². The van der Waals surface area contributed by atoms with Gasteiger partial charge >= 0.3 is 0 Å². The predicted octanol–water partition coefficient (Wildman–Crippen LogP) is 3.58. The fourth-order valence-electron chi connectivity index (χ4n) is 1.41. The van der Waals surface area contributed by atoms with Gasteiger partial charge in [0.05, 0.1) is 0 Å². The van der Waals surface area contributed by atoms with Gasteiger partial charge in [0.1, 0.15) is 5.01 Å². The highest BCUT2D eigenvalue weighted by molar-refractivity contribution is 9.09. The number of hydrogen-bond acceptors (Lipinski definition) is 1. The van der Waals surface area contributed by atoms with Gasteiger partial charge in [0, 0.05) is 0 Å². The normalized spacial score (nSPS) is 14.1. The molecule has 0 saturated heterocycles. The summed E-state index contributed by atoms with van der Waals surface area (Å²) in [6, 6.07) is 10.2. The molecule has 0 aliphatic heterocycles. The van der Waals surface area contributed by atoms with Gasteiger partial charge in [-0.15, -0.1) is 0 Å². The maximum Gasteiger partial charge on any atom is 0.127 e. The van der Waals surface area contributed by atoms with Gasteiger partial charge in [0.25, 0.3) is 0 Å². The number of allylic oxidation sites excluding steroid dienone is 1. The minimum atomic E-state index is -0.552. The standard InChI is InChI=1S/C12H15BrO/c1-2-6-11(9-12(13)14)10-7-4-3-5-8-10/h3-5,7-9,12,14H,2,6H2,1H3. The molecule has 0 saturated carbocycles. The van der Waals surface area contributed by atoms with Crippen molar-refractivity contribution in [1.29, 1.82) is 0 Å². The average molecular weight is 255 g/mol. The zero-order valence-corrected chi connectivity index (χ0v) is 9.87. The Balaban J connectivity index is 2.89. The van der Waals surface area contributed by atoms with Crippen LogP contribution in [-0.2, 0) is 0 Å². The molecule has 14 heavy (non-hydrogen) atoms. The lowest BCUT2D eigenvalue weighted by Gasteiger charge is -2.07. The molecule has 1 aromatic rings. The van der Waals surface area contributed by atoms with E-state index in [1.807, 2.05) is 24.3 Å². The van der Waals surface area contributed by atoms with E-state index in [0.717, 1.165) is 12.8 Å². The van der Waals surface area contributed by atoms with Crippen LogP contribution in [0.5, 0.6) is 0 Å². The number of benzene rings is 1. The first-order valence-corrected chi connectivity index (χ1v) is 5.74. The second-order valence-electron chi connectivity index (χ2n) is 3.18. The highest BCUT2D eigenvalue weighted by Gasteiger charge is 2.01. The average Bonchev–Trinajstić information content (AvgIpc) is 2.18. The molecule has 1 rings (SSSR count). The van der Waals surface area contributed by atoms with E-state index in [2.05, 4.69) is 35.0 Å². The van der Waals surface area contributed by atoms with Crippen LogP contribution in [0, 0.1) is 0 Å². The van der Waals surface area contributed by atoms with E-state index in [1.165, 1.54) is 11.1 Å². The van der Waals surface area contributed by atoms with E-state index in [4.69, 9.17) is 0 Å². The second kappa shape index (κ2) is 5.99. The molecule has 1 atom stereocenters. The summed E-state index contributed by atoms with van der Waals surface area (Å²) < 4.78 is 0. The van der Waals surface area contributed by atoms with Gasteiger partial charge < -0.3 is 5.11 Å². The molecule has 0 aliphatic rings. The van der Waals surface area contributed by atoms with Gasteiger partial charge in [0.15, 0.2) is 0 Å². The Kier molecular flexibility index (Phi) is 4.91. The molecule has 1 unspecified atom stereocenters. The van der Waals surface area contributed by atoms with E-state index in [1.54, 1.807) is 0 Å². The summed E-state index contributed by atoms with van der Waals surface area (Å²) in [6.45, 7) is 2.14. The van der Waals surface area contributed by atoms with Gasteiger partial charge in [0.2, 0.25) is 0 Å². The van der Waals surface area contributed by atoms with Gasteiger partial charge in [-0.1, -0.05) is 59.6 Å². The molecular weight excluding hydrogens is 240 g/mol. The molecule has 0 bridgehead atoms. The smallest absolute Gasteiger partial charge is 0.127 e. The van der Waals surface area contributed by atoms with Crippen LogP contribution in [0.25, 0.3) is 5.57 Å². The third-order valence-corrected chi connectivity index (χ3v) is 2.27. The molecule has 1 nitrogen and oxygen atoms in total. The van der Waals surface area contributed by atoms with E-state index < -0.39 is 5.01 Å². The van der Waals surface area contributed by atoms with Crippen molar-refractivity contribution < 1.29 is 5.11 Å². The number of alkyl halides is 1. The van der Waals surface area contributed by atoms with Crippen LogP contribution in [0.4, 0.5) is 0 Å². The van der Waals surface area contributed by atoms with Crippen molar-refractivity contribution in [2.75, 3.05) is 0 Å². The lowest BCUT2D eigenvalue weighted by molar-refractivity contribution is 0.316. The Morgan fingerprint density at radius 1 is 1.43 bits per heavy atom. The van der Waals surface area contributed by atoms with Crippen LogP contribution < -0.4 is 0 Å². The molecule has 0 heterocycles. The number of hydrogen-bond donors (Lipinski definition) is 1. The van der Waals surface area contributed by atoms with Crippen molar-refractivity contribution in [3.8, 4) is 0 Å². The maximum atomic E-state index is 9.25. The third-order valence-electron chi connectivity index (χ3n) is 2.00. The molecule has 76 valence electrons. The van der Waals surface area contributed by atoms with Crippen molar-refractivity contribution >= 4 is 21.5 Å². The molecule has 0 fully saturated rings. The molecule has 1 N–H and O–H groups in total. The summed E-state index contributed by atoms with van der Waals surface area (Å²) in [6.07, 6.45) is 3.92. The van der Waals surface area contributed by atoms with E-state index >= 15 is 0 Å². The van der Waals surface area contributed by atoms with E-state index in [-0.39, 0.29) is 0 Å². The Morgan fingerprint density at radius 2 is 2.07 bits per heavy atom. The Bertz CT molecular complexity index is 290. The topological polar surface area (TPSA) is 20.2 Å². The van der Waals surface area contributed by atoms with Crippen molar-refractivity contribution in [3.63, 3.8) is 0 Å². The lowest BCUT2D eigenvalue weighted by atomic mass is 10.0. The largest absolute Gasteiger partial charge is 0.378 e. The molecule has 0 radical (unpaired) electrons. The number of aliphatic hydroxyl groups excluding tert-OH is 1. The maximum absolute atomic E-state index is 9.25. The fourth-order valence-corrected chi connectivity index (χ4v) is 1.73. The minimum Gasteiger partial charge on any atom is -0.378 e. The van der Waals surface area contributed by atoms with E-state index in [9.17, 15) is 5.11 Å². The van der Waals surface area contributed by atoms with E-state index in [0.29, 0.717) is 0 Å². The summed E-state index contributed by atoms with van der Waals surface area (Å²) in [4.78, 5) is 0. The highest BCUT2D eigenvalue weighted by Crippen LogP contribution is 2.21. The first-order valence-electron chi connectivity index (χ1n) is 4.82. The van der Waals surface area contributed by atoms with Crippen LogP contribution in [0.2, 0.25) is 0 Å². The summed E-state index contributed by atoms with van der Waals surface area (Å²) in [5, 5.41) is 8.70. The first-order chi connectivity index (χ1) is 6.74. The van der Waals surface area contributed by atoms with Crippen molar-refractivity contribution in [2.45, 2.75) is 24.8 Å². The molecule has 0 amide bonds. The van der Waals surface area contributed by atoms with Crippen LogP contribution >= 0.6 is 15.9 Å². The second-order valence-corrected chi connectivity index (χ2v) is 4.12. The van der Waals surface area contributed by atoms with Gasteiger partial charge in [-0.2, -0.15) is 0 Å². The van der Waals surface area contributed by atoms with Crippen LogP contribution in [-0.4, -0.2) is 10.1 Å². The van der Waals surface area contributed by atoms with Crippen molar-refractivity contribution in [1.82, 2.24) is 0 Å². The molecule has 2 heteroatoms. The van der Waals surface area contributed by atoms with Gasteiger partial charge in [-0.25, -0.2) is 0 Å². The first kappa shape index (κ1) is 11.5. The van der Waals surface area contributed by atoms with Crippen molar-refractivity contribution in [2.24, 2.45) is 0 Å². The number of rotatable bonds is 4. The zero-order chi connectivity index (χ0) is 10.4. The summed E-state index contributed by atoms with van der Waals surface area (Å²) in [5.41, 5.74) is 2.38. The third kappa shape index (κ3) is 3.64. The lowest BCUT2D eigenvalue weighted by Crippen LogP contribution is -1.92. The number of aliphatic hydroxyl groups is 1. The SMILES string of the molecule is CCCC(=CC(O)Br)c1ccccc1. The predicted molar refractivity (Wildman–Crippen MR) is 64.3 cm³/mol. The summed E-state index contributed by atoms with van der Waals surface area (Å²) in [7, 11) is 0. The molecule has 0 aliphatic carbocycles. The Morgan fingerprint density at radius 3 is 2.57 bits per heavy atom. The summed E-state index contributed by atoms with van der Waals surface area (Å²) in [5.74, 6) is 0. The van der Waals surface area contributed by atoms with Crippen LogP contribution in [0.3, 0.4) is 0 Å². The Hall–Kier alpha value is -0.600. The van der Waals surface area contributed by atoms with Crippen LogP contribution in [0.1, 0.15) is 25.3 Å². The zero-order valence-electron chi connectivity index (χ0n) is 8.28. The van der Waals surface area contributed by atoms with Gasteiger partial charge in [-0.05, 0) is 23.6 Å². The highest BCUT2D eigenvalue weighted by atomic mass is 79.9. The monoisotopic (exact) mass is 254 g/mol. The molecule has 0 aromatic heterocycles. The van der Waals surface area contributed by atoms with Crippen molar-refractivity contribution in [3.05, 3.63) is 42.0 Å². The summed E-state index contributed by atoms with van der Waals surface area (Å²) >= 11 is 3.12. The fraction of sp³-hybridized carbons (Fsp3) is 0.333. The van der Waals surface area contributed by atoms with Crippen LogP contribution in [0.15, 0.2) is 36.4 Å². The molecular formula is C12H15BrO. The Labute approximate surface area is 93.6 Å². The molecule has 0 spiro atoms. The minimum absolute atomic E-state index is 0.552.